The number of amides is 1. The normalized spacial score (nSPS) is 18.6. The van der Waals surface area contributed by atoms with Gasteiger partial charge in [0.05, 0.1) is 19.1 Å². The van der Waals surface area contributed by atoms with Crippen LogP contribution in [0.15, 0.2) is 18.5 Å². The van der Waals surface area contributed by atoms with E-state index in [2.05, 4.69) is 15.3 Å². The summed E-state index contributed by atoms with van der Waals surface area (Å²) in [4.78, 5) is 14.6. The van der Waals surface area contributed by atoms with E-state index in [4.69, 9.17) is 4.74 Å². The smallest absolute Gasteiger partial charge is 0.224 e. The van der Waals surface area contributed by atoms with Crippen molar-refractivity contribution in [2.45, 2.75) is 32.4 Å². The molecule has 0 radical (unpaired) electrons. The fourth-order valence-electron chi connectivity index (χ4n) is 2.64. The first kappa shape index (κ1) is 16.0. The molecule has 1 aromatic rings. The van der Waals surface area contributed by atoms with E-state index in [0.717, 1.165) is 39.1 Å². The molecule has 1 amide bonds. The van der Waals surface area contributed by atoms with Gasteiger partial charge in [-0.05, 0) is 18.9 Å². The van der Waals surface area contributed by atoms with Gasteiger partial charge in [-0.1, -0.05) is 6.92 Å². The van der Waals surface area contributed by atoms with Gasteiger partial charge in [-0.2, -0.15) is 5.10 Å². The maximum Gasteiger partial charge on any atom is 0.224 e. The maximum absolute atomic E-state index is 12.2. The van der Waals surface area contributed by atoms with Gasteiger partial charge in [-0.25, -0.2) is 0 Å². The third kappa shape index (κ3) is 5.13. The van der Waals surface area contributed by atoms with E-state index in [1.807, 2.05) is 19.2 Å². The number of nitrogens with one attached hydrogen (secondary N) is 1. The number of carbonyl (C=O) groups is 1. The summed E-state index contributed by atoms with van der Waals surface area (Å²) in [6.45, 7) is 6.39. The molecule has 1 fully saturated rings. The molecule has 6 nitrogen and oxygen atoms in total. The van der Waals surface area contributed by atoms with Crippen molar-refractivity contribution in [2.75, 3.05) is 33.4 Å². The van der Waals surface area contributed by atoms with E-state index in [0.29, 0.717) is 12.6 Å². The van der Waals surface area contributed by atoms with E-state index < -0.39 is 0 Å². The van der Waals surface area contributed by atoms with Crippen LogP contribution in [0.2, 0.25) is 0 Å². The summed E-state index contributed by atoms with van der Waals surface area (Å²) < 4.78 is 6.90. The summed E-state index contributed by atoms with van der Waals surface area (Å²) in [6, 6.07) is 2.18. The molecule has 1 saturated heterocycles. The fraction of sp³-hybridized carbons (Fsp3) is 0.733. The minimum atomic E-state index is -0.0589. The molecule has 118 valence electrons. The molecule has 2 rings (SSSR count). The number of carbonyl (C=O) groups excluding carboxylic acids is 1. The van der Waals surface area contributed by atoms with Crippen molar-refractivity contribution in [2.24, 2.45) is 5.92 Å². The van der Waals surface area contributed by atoms with Crippen LogP contribution in [0, 0.1) is 5.92 Å². The molecule has 1 aliphatic rings. The van der Waals surface area contributed by atoms with Gasteiger partial charge in [-0.3, -0.25) is 9.48 Å². The van der Waals surface area contributed by atoms with Gasteiger partial charge in [0.1, 0.15) is 0 Å². The SMILES string of the molecule is COCCN1CCC(NC(=O)[C@H](C)Cn2cccn2)CC1. The van der Waals surface area contributed by atoms with Crippen molar-refractivity contribution in [1.82, 2.24) is 20.0 Å². The lowest BCUT2D eigenvalue weighted by Crippen LogP contribution is -2.47. The molecule has 1 aliphatic heterocycles. The summed E-state index contributed by atoms with van der Waals surface area (Å²) in [7, 11) is 1.73. The van der Waals surface area contributed by atoms with E-state index in [9.17, 15) is 4.79 Å². The second-order valence-electron chi connectivity index (χ2n) is 5.75. The lowest BCUT2D eigenvalue weighted by molar-refractivity contribution is -0.126. The zero-order valence-electron chi connectivity index (χ0n) is 13.0. The number of hydrogen-bond donors (Lipinski definition) is 1. The minimum absolute atomic E-state index is 0.0589. The highest BCUT2D eigenvalue weighted by Crippen LogP contribution is 2.11. The van der Waals surface area contributed by atoms with Crippen molar-refractivity contribution < 1.29 is 9.53 Å². The van der Waals surface area contributed by atoms with E-state index in [1.165, 1.54) is 0 Å². The molecule has 2 heterocycles. The van der Waals surface area contributed by atoms with Gasteiger partial charge < -0.3 is 15.0 Å². The predicted octanol–water partition coefficient (Wildman–Crippen LogP) is 0.746. The van der Waals surface area contributed by atoms with E-state index in [-0.39, 0.29) is 11.8 Å². The Labute approximate surface area is 126 Å². The molecule has 0 saturated carbocycles. The molecular weight excluding hydrogens is 268 g/mol. The molecule has 21 heavy (non-hydrogen) atoms. The maximum atomic E-state index is 12.2. The standard InChI is InChI=1S/C15H26N4O2/c1-13(12-19-7-3-6-16-19)15(20)17-14-4-8-18(9-5-14)10-11-21-2/h3,6-7,13-14H,4-5,8-12H2,1-2H3,(H,17,20)/t13-/m1/s1. The number of rotatable bonds is 7. The number of likely N-dealkylation sites (tertiary alicyclic amines) is 1. The average molecular weight is 294 g/mol. The van der Waals surface area contributed by atoms with Gasteiger partial charge in [0.15, 0.2) is 0 Å². The van der Waals surface area contributed by atoms with Gasteiger partial charge in [0.2, 0.25) is 5.91 Å². The van der Waals surface area contributed by atoms with Crippen LogP contribution in [0.25, 0.3) is 0 Å². The third-order valence-electron chi connectivity index (χ3n) is 4.01. The lowest BCUT2D eigenvalue weighted by atomic mass is 10.0. The molecular formula is C15H26N4O2. The number of aromatic nitrogens is 2. The topological polar surface area (TPSA) is 59.4 Å². The second kappa shape index (κ2) is 8.14. The average Bonchev–Trinajstić information content (AvgIpc) is 2.99. The van der Waals surface area contributed by atoms with Crippen LogP contribution in [0.5, 0.6) is 0 Å². The van der Waals surface area contributed by atoms with Crippen LogP contribution in [0.4, 0.5) is 0 Å². The fourth-order valence-corrected chi connectivity index (χ4v) is 2.64. The van der Waals surface area contributed by atoms with Crippen LogP contribution >= 0.6 is 0 Å². The second-order valence-corrected chi connectivity index (χ2v) is 5.75. The molecule has 0 spiro atoms. The lowest BCUT2D eigenvalue weighted by Gasteiger charge is -2.32. The molecule has 1 aromatic heterocycles. The van der Waals surface area contributed by atoms with Gasteiger partial charge in [0, 0.05) is 45.2 Å². The summed E-state index contributed by atoms with van der Waals surface area (Å²) in [5.41, 5.74) is 0. The Morgan fingerprint density at radius 2 is 2.24 bits per heavy atom. The number of nitrogens with zero attached hydrogens (tertiary/aromatic N) is 3. The number of piperidine rings is 1. The Bertz CT molecular complexity index is 413. The van der Waals surface area contributed by atoms with Crippen LogP contribution < -0.4 is 5.32 Å². The molecule has 1 atom stereocenters. The van der Waals surface area contributed by atoms with Crippen LogP contribution in [-0.4, -0.2) is 60.0 Å². The Morgan fingerprint density at radius 3 is 2.86 bits per heavy atom. The van der Waals surface area contributed by atoms with E-state index in [1.54, 1.807) is 18.0 Å². The Balaban J connectivity index is 1.69. The van der Waals surface area contributed by atoms with Crippen LogP contribution in [-0.2, 0) is 16.1 Å². The third-order valence-corrected chi connectivity index (χ3v) is 4.01. The summed E-state index contributed by atoms with van der Waals surface area (Å²) in [5, 5.41) is 7.31. The Morgan fingerprint density at radius 1 is 1.48 bits per heavy atom. The van der Waals surface area contributed by atoms with Crippen molar-refractivity contribution in [3.8, 4) is 0 Å². The van der Waals surface area contributed by atoms with Crippen LogP contribution in [0.1, 0.15) is 19.8 Å². The first-order valence-electron chi connectivity index (χ1n) is 7.68. The number of ether oxygens (including phenoxy) is 1. The molecule has 0 aromatic carbocycles. The van der Waals surface area contributed by atoms with Crippen molar-refractivity contribution >= 4 is 5.91 Å². The first-order valence-corrected chi connectivity index (χ1v) is 7.68. The highest BCUT2D eigenvalue weighted by molar-refractivity contribution is 5.78. The molecule has 0 bridgehead atoms. The van der Waals surface area contributed by atoms with Crippen LogP contribution in [0.3, 0.4) is 0 Å². The summed E-state index contributed by atoms with van der Waals surface area (Å²) in [5.74, 6) is 0.0669. The molecule has 0 aliphatic carbocycles. The Kier molecular flexibility index (Phi) is 6.20. The van der Waals surface area contributed by atoms with Gasteiger partial charge >= 0.3 is 0 Å². The molecule has 0 unspecified atom stereocenters. The molecule has 1 N–H and O–H groups in total. The van der Waals surface area contributed by atoms with E-state index >= 15 is 0 Å². The van der Waals surface area contributed by atoms with Gasteiger partial charge in [-0.15, -0.1) is 0 Å². The highest BCUT2D eigenvalue weighted by atomic mass is 16.5. The monoisotopic (exact) mass is 294 g/mol. The number of hydrogen-bond acceptors (Lipinski definition) is 4. The highest BCUT2D eigenvalue weighted by Gasteiger charge is 2.22. The summed E-state index contributed by atoms with van der Waals surface area (Å²) in [6.07, 6.45) is 5.66. The quantitative estimate of drug-likeness (QED) is 0.806. The zero-order valence-corrected chi connectivity index (χ0v) is 13.0. The van der Waals surface area contributed by atoms with Crippen molar-refractivity contribution in [1.29, 1.82) is 0 Å². The molecule has 6 heteroatoms. The largest absolute Gasteiger partial charge is 0.383 e. The van der Waals surface area contributed by atoms with Crippen molar-refractivity contribution in [3.63, 3.8) is 0 Å². The van der Waals surface area contributed by atoms with Gasteiger partial charge in [0.25, 0.3) is 0 Å². The summed E-state index contributed by atoms with van der Waals surface area (Å²) >= 11 is 0. The minimum Gasteiger partial charge on any atom is -0.383 e. The zero-order chi connectivity index (χ0) is 15.1. The number of methoxy groups -OCH3 is 1. The first-order chi connectivity index (χ1) is 10.2. The predicted molar refractivity (Wildman–Crippen MR) is 80.9 cm³/mol. The van der Waals surface area contributed by atoms with Crippen molar-refractivity contribution in [3.05, 3.63) is 18.5 Å². The Hall–Kier alpha value is -1.40.